The molecule has 1 aromatic heterocycles. The number of thioether (sulfide) groups is 1. The van der Waals surface area contributed by atoms with Gasteiger partial charge in [-0.25, -0.2) is 4.98 Å². The van der Waals surface area contributed by atoms with Gasteiger partial charge >= 0.3 is 0 Å². The first-order valence-corrected chi connectivity index (χ1v) is 11.6. The Morgan fingerprint density at radius 2 is 1.06 bits per heavy atom. The van der Waals surface area contributed by atoms with E-state index in [2.05, 4.69) is 41.4 Å². The average Bonchev–Trinajstić information content (AvgIpc) is 3.35. The number of carbonyl (C=O) groups is 1. The fraction of sp³-hybridized carbons (Fsp3) is 0.0345. The summed E-state index contributed by atoms with van der Waals surface area (Å²) >= 11 is 1.14. The molecule has 1 heterocycles. The Balaban J connectivity index is 1.67. The minimum atomic E-state index is -0.654. The number of hydrogen-bond donors (Lipinski definition) is 1. The van der Waals surface area contributed by atoms with E-state index < -0.39 is 5.41 Å². The van der Waals surface area contributed by atoms with Crippen LogP contribution in [0.25, 0.3) is 0 Å². The highest BCUT2D eigenvalue weighted by Crippen LogP contribution is 2.44. The lowest BCUT2D eigenvalue weighted by Gasteiger charge is -2.34. The molecule has 5 rings (SSSR count). The quantitative estimate of drug-likeness (QED) is 0.232. The summed E-state index contributed by atoms with van der Waals surface area (Å²) in [5.41, 5.74) is 3.30. The first kappa shape index (κ1) is 21.0. The smallest absolute Gasteiger partial charge is 0.225 e. The first-order valence-electron chi connectivity index (χ1n) is 10.8. The number of H-pyrrole nitrogens is 1. The number of hydrogen-bond acceptors (Lipinski definition) is 3. The topological polar surface area (TPSA) is 45.8 Å². The van der Waals surface area contributed by atoms with Gasteiger partial charge in [0.25, 0.3) is 0 Å². The molecule has 0 saturated heterocycles. The molecule has 3 nitrogen and oxygen atoms in total. The minimum absolute atomic E-state index is 0.0293. The SMILES string of the molecule is O=C(Sc1c[nH]c(C(c2ccccc2)(c2ccccc2)c2ccccc2)n1)c1ccccc1. The lowest BCUT2D eigenvalue weighted by atomic mass is 9.69. The monoisotopic (exact) mass is 446 g/mol. The molecule has 0 saturated carbocycles. The van der Waals surface area contributed by atoms with Crippen LogP contribution in [0.2, 0.25) is 0 Å². The Morgan fingerprint density at radius 1 is 0.636 bits per heavy atom. The summed E-state index contributed by atoms with van der Waals surface area (Å²) < 4.78 is 0. The molecule has 5 aromatic rings. The Morgan fingerprint density at radius 3 is 1.52 bits per heavy atom. The lowest BCUT2D eigenvalue weighted by molar-refractivity contribution is 0.108. The molecule has 0 spiro atoms. The molecule has 4 heteroatoms. The van der Waals surface area contributed by atoms with Crippen molar-refractivity contribution in [3.8, 4) is 0 Å². The third-order valence-electron chi connectivity index (χ3n) is 5.74. The van der Waals surface area contributed by atoms with Crippen molar-refractivity contribution in [3.05, 3.63) is 156 Å². The predicted molar refractivity (Wildman–Crippen MR) is 134 cm³/mol. The highest BCUT2D eigenvalue weighted by molar-refractivity contribution is 8.14. The van der Waals surface area contributed by atoms with E-state index in [1.165, 1.54) is 0 Å². The van der Waals surface area contributed by atoms with Crippen molar-refractivity contribution in [1.82, 2.24) is 9.97 Å². The van der Waals surface area contributed by atoms with Gasteiger partial charge in [0.15, 0.2) is 0 Å². The van der Waals surface area contributed by atoms with Crippen LogP contribution in [-0.2, 0) is 5.41 Å². The van der Waals surface area contributed by atoms with Crippen LogP contribution < -0.4 is 0 Å². The second-order valence-electron chi connectivity index (χ2n) is 7.69. The highest BCUT2D eigenvalue weighted by atomic mass is 32.2. The summed E-state index contributed by atoms with van der Waals surface area (Å²) in [6.07, 6.45) is 1.82. The number of aromatic nitrogens is 2. The van der Waals surface area contributed by atoms with Gasteiger partial charge < -0.3 is 4.98 Å². The van der Waals surface area contributed by atoms with Crippen molar-refractivity contribution in [3.63, 3.8) is 0 Å². The van der Waals surface area contributed by atoms with E-state index in [4.69, 9.17) is 4.98 Å². The van der Waals surface area contributed by atoms with Crippen LogP contribution in [0.15, 0.2) is 133 Å². The Kier molecular flexibility index (Phi) is 5.92. The number of nitrogens with zero attached hydrogens (tertiary/aromatic N) is 1. The van der Waals surface area contributed by atoms with Gasteiger partial charge in [0.2, 0.25) is 5.12 Å². The second kappa shape index (κ2) is 9.31. The molecule has 160 valence electrons. The molecule has 0 amide bonds. The third-order valence-corrected chi connectivity index (χ3v) is 6.58. The van der Waals surface area contributed by atoms with Crippen molar-refractivity contribution in [2.45, 2.75) is 10.4 Å². The number of imidazole rings is 1. The lowest BCUT2D eigenvalue weighted by Crippen LogP contribution is -2.32. The summed E-state index contributed by atoms with van der Waals surface area (Å²) in [6, 6.07) is 40.4. The molecule has 0 radical (unpaired) electrons. The molecular formula is C29H22N2OS. The average molecular weight is 447 g/mol. The van der Waals surface area contributed by atoms with E-state index in [0.717, 1.165) is 34.3 Å². The summed E-state index contributed by atoms with van der Waals surface area (Å²) in [5, 5.41) is 0.615. The normalized spacial score (nSPS) is 11.3. The fourth-order valence-corrected chi connectivity index (χ4v) is 4.95. The van der Waals surface area contributed by atoms with Crippen LogP contribution in [0.5, 0.6) is 0 Å². The van der Waals surface area contributed by atoms with Gasteiger partial charge in [-0.3, -0.25) is 4.79 Å². The number of carbonyl (C=O) groups excluding carboxylic acids is 1. The number of rotatable bonds is 6. The second-order valence-corrected chi connectivity index (χ2v) is 8.68. The van der Waals surface area contributed by atoms with Gasteiger partial charge in [0, 0.05) is 11.8 Å². The van der Waals surface area contributed by atoms with Crippen molar-refractivity contribution >= 4 is 16.9 Å². The Hall–Kier alpha value is -3.89. The zero-order chi connectivity index (χ0) is 22.5. The summed E-state index contributed by atoms with van der Waals surface area (Å²) in [7, 11) is 0. The van der Waals surface area contributed by atoms with E-state index in [1.54, 1.807) is 0 Å². The largest absolute Gasteiger partial charge is 0.346 e. The maximum Gasteiger partial charge on any atom is 0.225 e. The predicted octanol–water partition coefficient (Wildman–Crippen LogP) is 6.72. The molecule has 0 aliphatic carbocycles. The molecule has 1 N–H and O–H groups in total. The molecule has 0 unspecified atom stereocenters. The Labute approximate surface area is 197 Å². The Bertz CT molecular complexity index is 1240. The minimum Gasteiger partial charge on any atom is -0.346 e. The molecular weight excluding hydrogens is 424 g/mol. The first-order chi connectivity index (χ1) is 16.3. The van der Waals surface area contributed by atoms with Gasteiger partial charge in [-0.05, 0) is 28.5 Å². The van der Waals surface area contributed by atoms with E-state index in [0.29, 0.717) is 10.6 Å². The standard InChI is InChI=1S/C29H22N2OS/c32-27(22-13-5-1-6-14-22)33-26-21-30-28(31-26)29(23-15-7-2-8-16-23,24-17-9-3-10-18-24)25-19-11-4-12-20-25/h1-21H,(H,30,31). The van der Waals surface area contributed by atoms with Crippen LogP contribution in [0, 0.1) is 0 Å². The van der Waals surface area contributed by atoms with E-state index in [9.17, 15) is 4.79 Å². The number of benzene rings is 4. The molecule has 0 aliphatic rings. The van der Waals surface area contributed by atoms with Crippen molar-refractivity contribution in [1.29, 1.82) is 0 Å². The van der Waals surface area contributed by atoms with Gasteiger partial charge in [-0.15, -0.1) is 0 Å². The molecule has 0 atom stereocenters. The highest BCUT2D eigenvalue weighted by Gasteiger charge is 2.41. The van der Waals surface area contributed by atoms with Gasteiger partial charge in [-0.2, -0.15) is 0 Å². The van der Waals surface area contributed by atoms with Crippen molar-refractivity contribution in [2.75, 3.05) is 0 Å². The maximum atomic E-state index is 12.8. The van der Waals surface area contributed by atoms with Crippen LogP contribution in [0.4, 0.5) is 0 Å². The van der Waals surface area contributed by atoms with Gasteiger partial charge in [0.1, 0.15) is 16.3 Å². The van der Waals surface area contributed by atoms with Crippen molar-refractivity contribution < 1.29 is 4.79 Å². The third kappa shape index (κ3) is 4.01. The van der Waals surface area contributed by atoms with Crippen LogP contribution in [0.1, 0.15) is 32.9 Å². The summed E-state index contributed by atoms with van der Waals surface area (Å²) in [4.78, 5) is 21.2. The maximum absolute atomic E-state index is 12.8. The van der Waals surface area contributed by atoms with Gasteiger partial charge in [-0.1, -0.05) is 121 Å². The summed E-state index contributed by atoms with van der Waals surface area (Å²) in [5.74, 6) is 0.773. The number of aromatic amines is 1. The van der Waals surface area contributed by atoms with E-state index in [1.807, 2.05) is 91.1 Å². The molecule has 4 aromatic carbocycles. The van der Waals surface area contributed by atoms with Crippen LogP contribution in [-0.4, -0.2) is 15.1 Å². The van der Waals surface area contributed by atoms with Gasteiger partial charge in [0.05, 0.1) is 0 Å². The summed E-state index contributed by atoms with van der Waals surface area (Å²) in [6.45, 7) is 0. The molecule has 0 bridgehead atoms. The zero-order valence-electron chi connectivity index (χ0n) is 17.9. The molecule has 0 aliphatic heterocycles. The van der Waals surface area contributed by atoms with E-state index >= 15 is 0 Å². The van der Waals surface area contributed by atoms with Crippen LogP contribution in [0.3, 0.4) is 0 Å². The fourth-order valence-electron chi connectivity index (χ4n) is 4.25. The zero-order valence-corrected chi connectivity index (χ0v) is 18.7. The molecule has 33 heavy (non-hydrogen) atoms. The number of nitrogens with one attached hydrogen (secondary N) is 1. The van der Waals surface area contributed by atoms with Crippen LogP contribution >= 0.6 is 11.8 Å². The van der Waals surface area contributed by atoms with E-state index in [-0.39, 0.29) is 5.12 Å². The van der Waals surface area contributed by atoms with Crippen molar-refractivity contribution in [2.24, 2.45) is 0 Å². The molecule has 0 fully saturated rings.